The van der Waals surface area contributed by atoms with E-state index in [9.17, 15) is 0 Å². The number of rotatable bonds is 5. The van der Waals surface area contributed by atoms with E-state index in [1.165, 1.54) is 16.8 Å². The maximum atomic E-state index is 6.13. The predicted octanol–water partition coefficient (Wildman–Crippen LogP) is 5.97. The first-order valence-corrected chi connectivity index (χ1v) is 9.35. The third-order valence-electron chi connectivity index (χ3n) is 4.56. The molecule has 3 aromatic carbocycles. The van der Waals surface area contributed by atoms with Crippen molar-refractivity contribution in [3.05, 3.63) is 101 Å². The summed E-state index contributed by atoms with van der Waals surface area (Å²) in [4.78, 5) is 0. The molecule has 136 valence electrons. The van der Waals surface area contributed by atoms with Crippen molar-refractivity contribution < 1.29 is 4.74 Å². The lowest BCUT2D eigenvalue weighted by molar-refractivity contribution is 0.482. The minimum atomic E-state index is 0.742. The van der Waals surface area contributed by atoms with Gasteiger partial charge in [-0.25, -0.2) is 0 Å². The molecule has 0 atom stereocenters. The normalized spacial score (nSPS) is 13.6. The van der Waals surface area contributed by atoms with E-state index in [1.807, 2.05) is 60.7 Å². The van der Waals surface area contributed by atoms with Gasteiger partial charge in [0.2, 0.25) is 0 Å². The topological polar surface area (TPSA) is 24.5 Å². The Bertz CT molecular complexity index is 969. The average molecular weight is 377 g/mol. The van der Waals surface area contributed by atoms with Crippen LogP contribution in [-0.4, -0.2) is 6.54 Å². The van der Waals surface area contributed by atoms with Crippen LogP contribution >= 0.6 is 11.6 Å². The Labute approximate surface area is 164 Å². The summed E-state index contributed by atoms with van der Waals surface area (Å²) in [5.41, 5.74) is 8.33. The zero-order chi connectivity index (χ0) is 18.6. The molecular formula is C23H21ClN2O. The second kappa shape index (κ2) is 7.77. The maximum Gasteiger partial charge on any atom is 0.127 e. The van der Waals surface area contributed by atoms with Crippen molar-refractivity contribution in [1.29, 1.82) is 0 Å². The molecule has 27 heavy (non-hydrogen) atoms. The molecule has 0 aromatic heterocycles. The van der Waals surface area contributed by atoms with Crippen LogP contribution in [0.4, 0.5) is 5.69 Å². The fraction of sp³-hybridized carbons (Fsp3) is 0.130. The van der Waals surface area contributed by atoms with Gasteiger partial charge in [-0.3, -0.25) is 5.01 Å². The van der Waals surface area contributed by atoms with Gasteiger partial charge in [-0.15, -0.1) is 0 Å². The van der Waals surface area contributed by atoms with E-state index in [1.54, 1.807) is 0 Å². The van der Waals surface area contributed by atoms with Crippen LogP contribution in [0.25, 0.3) is 0 Å². The third kappa shape index (κ3) is 4.26. The van der Waals surface area contributed by atoms with Crippen molar-refractivity contribution in [3.63, 3.8) is 0 Å². The second-order valence-corrected chi connectivity index (χ2v) is 7.11. The van der Waals surface area contributed by atoms with E-state index in [2.05, 4.69) is 35.6 Å². The summed E-state index contributed by atoms with van der Waals surface area (Å²) in [6, 6.07) is 26.0. The first kappa shape index (κ1) is 17.5. The smallest absolute Gasteiger partial charge is 0.127 e. The molecule has 1 aliphatic heterocycles. The SMILES string of the molecule is CC1=C(Cc2cccc(Oc3ccccc3)c2)NN(c2cccc(Cl)c2)C1. The lowest BCUT2D eigenvalue weighted by Crippen LogP contribution is -2.32. The molecule has 1 aliphatic rings. The number of hydrogen-bond donors (Lipinski definition) is 1. The largest absolute Gasteiger partial charge is 0.457 e. The number of hydrogen-bond acceptors (Lipinski definition) is 3. The Morgan fingerprint density at radius 2 is 1.70 bits per heavy atom. The van der Waals surface area contributed by atoms with Crippen molar-refractivity contribution in [2.45, 2.75) is 13.3 Å². The van der Waals surface area contributed by atoms with E-state index < -0.39 is 0 Å². The number of allylic oxidation sites excluding steroid dienone is 1. The number of halogens is 1. The maximum absolute atomic E-state index is 6.13. The summed E-state index contributed by atoms with van der Waals surface area (Å²) in [6.07, 6.45) is 0.828. The van der Waals surface area contributed by atoms with Crippen molar-refractivity contribution in [3.8, 4) is 11.5 Å². The minimum absolute atomic E-state index is 0.742. The van der Waals surface area contributed by atoms with Gasteiger partial charge in [0.05, 0.1) is 12.2 Å². The molecule has 3 nitrogen and oxygen atoms in total. The molecule has 0 unspecified atom stereocenters. The van der Waals surface area contributed by atoms with Gasteiger partial charge >= 0.3 is 0 Å². The fourth-order valence-electron chi connectivity index (χ4n) is 3.17. The molecule has 0 saturated heterocycles. The number of hydrazine groups is 1. The first-order valence-electron chi connectivity index (χ1n) is 8.97. The summed E-state index contributed by atoms with van der Waals surface area (Å²) < 4.78 is 5.95. The minimum Gasteiger partial charge on any atom is -0.457 e. The summed E-state index contributed by atoms with van der Waals surface area (Å²) in [5, 5.41) is 2.87. The number of nitrogens with one attached hydrogen (secondary N) is 1. The number of nitrogens with zero attached hydrogens (tertiary/aromatic N) is 1. The summed E-state index contributed by atoms with van der Waals surface area (Å²) in [6.45, 7) is 3.01. The molecule has 0 aliphatic carbocycles. The molecule has 0 bridgehead atoms. The Morgan fingerprint density at radius 1 is 0.926 bits per heavy atom. The molecule has 4 heteroatoms. The highest BCUT2D eigenvalue weighted by molar-refractivity contribution is 6.30. The Hall–Kier alpha value is -2.91. The monoisotopic (exact) mass is 376 g/mol. The number of para-hydroxylation sites is 1. The summed E-state index contributed by atoms with van der Waals surface area (Å²) >= 11 is 6.13. The van der Waals surface area contributed by atoms with Gasteiger partial charge in [0.1, 0.15) is 11.5 Å². The van der Waals surface area contributed by atoms with Crippen molar-refractivity contribution in [2.24, 2.45) is 0 Å². The number of benzene rings is 3. The molecule has 3 aromatic rings. The average Bonchev–Trinajstić information content (AvgIpc) is 3.03. The first-order chi connectivity index (χ1) is 13.2. The van der Waals surface area contributed by atoms with Crippen LogP contribution in [0.2, 0.25) is 5.02 Å². The molecule has 0 radical (unpaired) electrons. The molecule has 0 fully saturated rings. The van der Waals surface area contributed by atoms with Gasteiger partial charge in [-0.2, -0.15) is 0 Å². The Balaban J connectivity index is 1.46. The molecular weight excluding hydrogens is 356 g/mol. The molecule has 1 N–H and O–H groups in total. The van der Waals surface area contributed by atoms with Gasteiger partial charge in [-0.1, -0.05) is 48.0 Å². The predicted molar refractivity (Wildman–Crippen MR) is 111 cm³/mol. The number of anilines is 1. The standard InChI is InChI=1S/C23H21ClN2O/c1-17-16-26(20-9-6-8-19(24)15-20)25-23(17)14-18-7-5-12-22(13-18)27-21-10-3-2-4-11-21/h2-13,15,25H,14,16H2,1H3. The molecule has 0 amide bonds. The molecule has 1 heterocycles. The van der Waals surface area contributed by atoms with Crippen LogP contribution in [0.5, 0.6) is 11.5 Å². The zero-order valence-corrected chi connectivity index (χ0v) is 15.9. The van der Waals surface area contributed by atoms with Crippen LogP contribution in [0.15, 0.2) is 90.1 Å². The van der Waals surface area contributed by atoms with E-state index in [0.717, 1.165) is 35.2 Å². The van der Waals surface area contributed by atoms with Crippen LogP contribution in [0, 0.1) is 0 Å². The van der Waals surface area contributed by atoms with Gasteiger partial charge in [0.15, 0.2) is 0 Å². The van der Waals surface area contributed by atoms with E-state index in [-0.39, 0.29) is 0 Å². The lowest BCUT2D eigenvalue weighted by atomic mass is 10.1. The third-order valence-corrected chi connectivity index (χ3v) is 4.79. The van der Waals surface area contributed by atoms with Crippen molar-refractivity contribution in [2.75, 3.05) is 11.6 Å². The van der Waals surface area contributed by atoms with Crippen molar-refractivity contribution >= 4 is 17.3 Å². The van der Waals surface area contributed by atoms with E-state index in [4.69, 9.17) is 16.3 Å². The second-order valence-electron chi connectivity index (χ2n) is 6.68. The van der Waals surface area contributed by atoms with Crippen LogP contribution < -0.4 is 15.2 Å². The van der Waals surface area contributed by atoms with E-state index in [0.29, 0.717) is 0 Å². The van der Waals surface area contributed by atoms with E-state index >= 15 is 0 Å². The highest BCUT2D eigenvalue weighted by Gasteiger charge is 2.19. The van der Waals surface area contributed by atoms with Gasteiger partial charge in [0.25, 0.3) is 0 Å². The molecule has 0 spiro atoms. The fourth-order valence-corrected chi connectivity index (χ4v) is 3.35. The molecule has 4 rings (SSSR count). The Morgan fingerprint density at radius 3 is 2.52 bits per heavy atom. The highest BCUT2D eigenvalue weighted by Crippen LogP contribution is 2.27. The lowest BCUT2D eigenvalue weighted by Gasteiger charge is -2.20. The quantitative estimate of drug-likeness (QED) is 0.593. The summed E-state index contributed by atoms with van der Waals surface area (Å²) in [7, 11) is 0. The Kier molecular flexibility index (Phi) is 5.03. The summed E-state index contributed by atoms with van der Waals surface area (Å²) in [5.74, 6) is 1.69. The van der Waals surface area contributed by atoms with Crippen LogP contribution in [0.3, 0.4) is 0 Å². The van der Waals surface area contributed by atoms with Gasteiger partial charge in [-0.05, 0) is 60.5 Å². The molecule has 0 saturated carbocycles. The van der Waals surface area contributed by atoms with Crippen molar-refractivity contribution in [1.82, 2.24) is 5.43 Å². The van der Waals surface area contributed by atoms with Crippen LogP contribution in [-0.2, 0) is 6.42 Å². The zero-order valence-electron chi connectivity index (χ0n) is 15.2. The van der Waals surface area contributed by atoms with Gasteiger partial charge < -0.3 is 10.2 Å². The van der Waals surface area contributed by atoms with Crippen LogP contribution in [0.1, 0.15) is 12.5 Å². The highest BCUT2D eigenvalue weighted by atomic mass is 35.5. The number of ether oxygens (including phenoxy) is 1. The van der Waals surface area contributed by atoms with Gasteiger partial charge in [0, 0.05) is 17.1 Å².